The van der Waals surface area contributed by atoms with E-state index in [-0.39, 0.29) is 22.8 Å². The van der Waals surface area contributed by atoms with Gasteiger partial charge in [-0.2, -0.15) is 0 Å². The van der Waals surface area contributed by atoms with Crippen molar-refractivity contribution in [2.45, 2.75) is 0 Å². The first kappa shape index (κ1) is 12.9. The summed E-state index contributed by atoms with van der Waals surface area (Å²) >= 11 is 0. The summed E-state index contributed by atoms with van der Waals surface area (Å²) in [7, 11) is 0. The third kappa shape index (κ3) is 2.02. The molecule has 3 rings (SSSR count). The van der Waals surface area contributed by atoms with Gasteiger partial charge in [-0.3, -0.25) is 4.79 Å². The fourth-order valence-electron chi connectivity index (χ4n) is 2.02. The molecule has 6 nitrogen and oxygen atoms in total. The van der Waals surface area contributed by atoms with E-state index in [9.17, 15) is 25.2 Å². The fourth-order valence-corrected chi connectivity index (χ4v) is 2.02. The first-order chi connectivity index (χ1) is 9.97. The van der Waals surface area contributed by atoms with E-state index >= 15 is 0 Å². The van der Waals surface area contributed by atoms with Crippen molar-refractivity contribution in [1.29, 1.82) is 0 Å². The molecule has 106 valence electrons. The van der Waals surface area contributed by atoms with Gasteiger partial charge in [-0.05, 0) is 30.3 Å². The molecule has 0 unspecified atom stereocenters. The number of allylic oxidation sites excluding steroid dienone is 1. The average Bonchev–Trinajstić information content (AvgIpc) is 2.75. The molecule has 21 heavy (non-hydrogen) atoms. The van der Waals surface area contributed by atoms with Crippen molar-refractivity contribution in [3.8, 4) is 28.7 Å². The van der Waals surface area contributed by atoms with Crippen molar-refractivity contribution < 1.29 is 30.0 Å². The van der Waals surface area contributed by atoms with Gasteiger partial charge in [0, 0.05) is 11.6 Å². The summed E-state index contributed by atoms with van der Waals surface area (Å²) in [5.41, 5.74) is 0.409. The second-order valence-electron chi connectivity index (χ2n) is 4.49. The molecule has 1 aliphatic heterocycles. The van der Waals surface area contributed by atoms with Crippen LogP contribution in [0.5, 0.6) is 28.7 Å². The molecular weight excluding hydrogens is 276 g/mol. The number of hydrogen-bond donors (Lipinski definition) is 4. The molecule has 1 heterocycles. The first-order valence-corrected chi connectivity index (χ1v) is 5.98. The van der Waals surface area contributed by atoms with Gasteiger partial charge in [-0.25, -0.2) is 0 Å². The van der Waals surface area contributed by atoms with Gasteiger partial charge in [0.25, 0.3) is 0 Å². The highest BCUT2D eigenvalue weighted by Crippen LogP contribution is 2.40. The van der Waals surface area contributed by atoms with Crippen LogP contribution in [0, 0.1) is 0 Å². The van der Waals surface area contributed by atoms with Gasteiger partial charge >= 0.3 is 0 Å². The SMILES string of the molecule is O=C1/C(=C/c2ccc(O)c(O)c2O)Oc2cc(O)ccc21. The van der Waals surface area contributed by atoms with Crippen LogP contribution < -0.4 is 4.74 Å². The van der Waals surface area contributed by atoms with Gasteiger partial charge in [0.1, 0.15) is 11.5 Å². The molecular formula is C15H10O6. The Morgan fingerprint density at radius 2 is 1.71 bits per heavy atom. The zero-order valence-corrected chi connectivity index (χ0v) is 10.6. The van der Waals surface area contributed by atoms with E-state index in [4.69, 9.17) is 4.74 Å². The Kier molecular flexibility index (Phi) is 2.72. The number of fused-ring (bicyclic) bond motifs is 1. The Morgan fingerprint density at radius 3 is 2.48 bits per heavy atom. The lowest BCUT2D eigenvalue weighted by Crippen LogP contribution is -1.98. The van der Waals surface area contributed by atoms with Gasteiger partial charge in [-0.1, -0.05) is 0 Å². The molecule has 0 aliphatic carbocycles. The molecule has 6 heteroatoms. The van der Waals surface area contributed by atoms with Crippen LogP contribution in [0.1, 0.15) is 15.9 Å². The highest BCUT2D eigenvalue weighted by Gasteiger charge is 2.28. The largest absolute Gasteiger partial charge is 0.508 e. The Hall–Kier alpha value is -3.15. The Labute approximate surface area is 118 Å². The van der Waals surface area contributed by atoms with Crippen molar-refractivity contribution in [2.24, 2.45) is 0 Å². The number of Topliss-reactive ketones (excluding diaryl/α,β-unsaturated/α-hetero) is 1. The summed E-state index contributed by atoms with van der Waals surface area (Å²) in [6.45, 7) is 0. The molecule has 0 saturated carbocycles. The maximum atomic E-state index is 12.1. The third-order valence-electron chi connectivity index (χ3n) is 3.10. The maximum Gasteiger partial charge on any atom is 0.231 e. The number of hydrogen-bond acceptors (Lipinski definition) is 6. The fraction of sp³-hybridized carbons (Fsp3) is 0. The Morgan fingerprint density at radius 1 is 0.952 bits per heavy atom. The molecule has 0 radical (unpaired) electrons. The molecule has 0 fully saturated rings. The summed E-state index contributed by atoms with van der Waals surface area (Å²) in [6, 6.07) is 6.62. The number of rotatable bonds is 1. The molecule has 0 atom stereocenters. The molecule has 0 saturated heterocycles. The topological polar surface area (TPSA) is 107 Å². The van der Waals surface area contributed by atoms with E-state index in [1.165, 1.54) is 36.4 Å². The smallest absolute Gasteiger partial charge is 0.231 e. The minimum Gasteiger partial charge on any atom is -0.508 e. The predicted molar refractivity (Wildman–Crippen MR) is 72.5 cm³/mol. The lowest BCUT2D eigenvalue weighted by atomic mass is 10.1. The summed E-state index contributed by atoms with van der Waals surface area (Å²) in [5.74, 6) is -1.99. The van der Waals surface area contributed by atoms with Crippen LogP contribution in [0.2, 0.25) is 0 Å². The molecule has 0 spiro atoms. The van der Waals surface area contributed by atoms with Gasteiger partial charge < -0.3 is 25.2 Å². The number of ether oxygens (including phenoxy) is 1. The summed E-state index contributed by atoms with van der Waals surface area (Å²) in [4.78, 5) is 12.1. The van der Waals surface area contributed by atoms with Crippen LogP contribution in [0.4, 0.5) is 0 Å². The number of phenolic OH excluding ortho intramolecular Hbond substituents is 4. The average molecular weight is 286 g/mol. The third-order valence-corrected chi connectivity index (χ3v) is 3.10. The molecule has 1 aliphatic rings. The van der Waals surface area contributed by atoms with Crippen LogP contribution in [0.25, 0.3) is 6.08 Å². The van der Waals surface area contributed by atoms with Crippen molar-refractivity contribution >= 4 is 11.9 Å². The van der Waals surface area contributed by atoms with Crippen LogP contribution in [-0.4, -0.2) is 26.2 Å². The highest BCUT2D eigenvalue weighted by molar-refractivity contribution is 6.14. The van der Waals surface area contributed by atoms with Gasteiger partial charge in [0.2, 0.25) is 11.5 Å². The van der Waals surface area contributed by atoms with Crippen molar-refractivity contribution in [3.05, 3.63) is 47.2 Å². The van der Waals surface area contributed by atoms with Crippen molar-refractivity contribution in [3.63, 3.8) is 0 Å². The number of aromatic hydroxyl groups is 4. The van der Waals surface area contributed by atoms with Crippen LogP contribution >= 0.6 is 0 Å². The standard InChI is InChI=1S/C15H10O6/c16-8-2-3-9-11(6-8)21-12(14(9)19)5-7-1-4-10(17)15(20)13(7)18/h1-6,16-18,20H/b12-5-. The Bertz CT molecular complexity index is 791. The van der Waals surface area contributed by atoms with Crippen molar-refractivity contribution in [2.75, 3.05) is 0 Å². The van der Waals surface area contributed by atoms with E-state index in [0.717, 1.165) is 0 Å². The number of ketones is 1. The summed E-state index contributed by atoms with van der Waals surface area (Å²) in [5, 5.41) is 37.8. The summed E-state index contributed by atoms with van der Waals surface area (Å²) < 4.78 is 5.33. The zero-order valence-electron chi connectivity index (χ0n) is 10.6. The predicted octanol–water partition coefficient (Wildman–Crippen LogP) is 2.13. The van der Waals surface area contributed by atoms with Gasteiger partial charge in [0.15, 0.2) is 17.3 Å². The zero-order chi connectivity index (χ0) is 15.1. The molecule has 2 aromatic rings. The van der Waals surface area contributed by atoms with Crippen LogP contribution in [-0.2, 0) is 0 Å². The lowest BCUT2D eigenvalue weighted by molar-refractivity contribution is 0.101. The Balaban J connectivity index is 2.04. The minimum absolute atomic E-state index is 0.0343. The number of carbonyl (C=O) groups is 1. The van der Waals surface area contributed by atoms with Gasteiger partial charge in [0.05, 0.1) is 5.56 Å². The lowest BCUT2D eigenvalue weighted by Gasteiger charge is -2.04. The highest BCUT2D eigenvalue weighted by atomic mass is 16.5. The van der Waals surface area contributed by atoms with Crippen LogP contribution in [0.15, 0.2) is 36.1 Å². The van der Waals surface area contributed by atoms with E-state index in [1.54, 1.807) is 0 Å². The number of benzene rings is 2. The second-order valence-corrected chi connectivity index (χ2v) is 4.49. The van der Waals surface area contributed by atoms with E-state index in [1.807, 2.05) is 0 Å². The molecule has 2 aromatic carbocycles. The van der Waals surface area contributed by atoms with E-state index in [2.05, 4.69) is 0 Å². The monoisotopic (exact) mass is 286 g/mol. The second kappa shape index (κ2) is 4.45. The normalized spacial score (nSPS) is 15.0. The first-order valence-electron chi connectivity index (χ1n) is 5.98. The van der Waals surface area contributed by atoms with Crippen molar-refractivity contribution in [1.82, 2.24) is 0 Å². The molecule has 0 aromatic heterocycles. The van der Waals surface area contributed by atoms with Crippen LogP contribution in [0.3, 0.4) is 0 Å². The van der Waals surface area contributed by atoms with Gasteiger partial charge in [-0.15, -0.1) is 0 Å². The number of phenols is 4. The molecule has 4 N–H and O–H groups in total. The minimum atomic E-state index is -0.676. The van der Waals surface area contributed by atoms with E-state index in [0.29, 0.717) is 5.56 Å². The summed E-state index contributed by atoms with van der Waals surface area (Å²) in [6.07, 6.45) is 1.24. The quantitative estimate of drug-likeness (QED) is 0.472. The maximum absolute atomic E-state index is 12.1. The molecule has 0 bridgehead atoms. The van der Waals surface area contributed by atoms with E-state index < -0.39 is 23.0 Å². The molecule has 0 amide bonds. The number of carbonyl (C=O) groups excluding carboxylic acids is 1.